The summed E-state index contributed by atoms with van der Waals surface area (Å²) >= 11 is 0. The SMILES string of the molecule is CCOC1CC(NC(=NC)NCC2CCN(C)CC2)C1(CC)CC. The zero-order valence-electron chi connectivity index (χ0n) is 16.4. The number of guanidine groups is 1. The number of nitrogens with zero attached hydrogens (tertiary/aromatic N) is 2. The highest BCUT2D eigenvalue weighted by molar-refractivity contribution is 5.80. The van der Waals surface area contributed by atoms with Crippen LogP contribution >= 0.6 is 0 Å². The minimum atomic E-state index is 0.251. The molecule has 0 spiro atoms. The minimum Gasteiger partial charge on any atom is -0.378 e. The van der Waals surface area contributed by atoms with Crippen LogP contribution < -0.4 is 10.6 Å². The number of rotatable bonds is 7. The average molecular weight is 339 g/mol. The van der Waals surface area contributed by atoms with E-state index in [1.165, 1.54) is 25.9 Å². The van der Waals surface area contributed by atoms with Crippen molar-refractivity contribution in [3.63, 3.8) is 0 Å². The molecule has 0 bridgehead atoms. The van der Waals surface area contributed by atoms with E-state index in [4.69, 9.17) is 4.74 Å². The van der Waals surface area contributed by atoms with Crippen LogP contribution in [0.1, 0.15) is 52.9 Å². The predicted molar refractivity (Wildman–Crippen MR) is 102 cm³/mol. The summed E-state index contributed by atoms with van der Waals surface area (Å²) < 4.78 is 5.98. The first-order valence-electron chi connectivity index (χ1n) is 9.86. The first-order chi connectivity index (χ1) is 11.6. The quantitative estimate of drug-likeness (QED) is 0.553. The molecule has 2 fully saturated rings. The van der Waals surface area contributed by atoms with Crippen LogP contribution in [0.3, 0.4) is 0 Å². The van der Waals surface area contributed by atoms with Gasteiger partial charge in [0.25, 0.3) is 0 Å². The minimum absolute atomic E-state index is 0.251. The maximum atomic E-state index is 5.98. The lowest BCUT2D eigenvalue weighted by Gasteiger charge is -2.55. The van der Waals surface area contributed by atoms with E-state index in [-0.39, 0.29) is 5.41 Å². The number of hydrogen-bond acceptors (Lipinski definition) is 3. The van der Waals surface area contributed by atoms with Gasteiger partial charge in [-0.25, -0.2) is 0 Å². The fraction of sp³-hybridized carbons (Fsp3) is 0.947. The molecule has 140 valence electrons. The third-order valence-corrected chi connectivity index (χ3v) is 6.40. The van der Waals surface area contributed by atoms with Gasteiger partial charge in [0.05, 0.1) is 6.10 Å². The fourth-order valence-corrected chi connectivity index (χ4v) is 4.45. The van der Waals surface area contributed by atoms with Crippen molar-refractivity contribution in [1.82, 2.24) is 15.5 Å². The van der Waals surface area contributed by atoms with Crippen LogP contribution in [0.15, 0.2) is 4.99 Å². The molecule has 0 radical (unpaired) electrons. The molecule has 5 heteroatoms. The Hall–Kier alpha value is -0.810. The lowest BCUT2D eigenvalue weighted by Crippen LogP contribution is -2.65. The zero-order chi connectivity index (χ0) is 17.6. The molecule has 0 aromatic rings. The second-order valence-corrected chi connectivity index (χ2v) is 7.52. The average Bonchev–Trinajstić information content (AvgIpc) is 2.59. The monoisotopic (exact) mass is 338 g/mol. The van der Waals surface area contributed by atoms with Crippen LogP contribution in [0.25, 0.3) is 0 Å². The molecule has 5 nitrogen and oxygen atoms in total. The highest BCUT2D eigenvalue weighted by Crippen LogP contribution is 2.48. The van der Waals surface area contributed by atoms with Gasteiger partial charge in [-0.15, -0.1) is 0 Å². The van der Waals surface area contributed by atoms with Crippen molar-refractivity contribution in [3.8, 4) is 0 Å². The molecule has 2 rings (SSSR count). The third-order valence-electron chi connectivity index (χ3n) is 6.40. The molecule has 2 N–H and O–H groups in total. The molecule has 1 saturated carbocycles. The van der Waals surface area contributed by atoms with Crippen molar-refractivity contribution >= 4 is 5.96 Å². The summed E-state index contributed by atoms with van der Waals surface area (Å²) in [5.41, 5.74) is 0.251. The maximum absolute atomic E-state index is 5.98. The van der Waals surface area contributed by atoms with E-state index < -0.39 is 0 Å². The van der Waals surface area contributed by atoms with E-state index in [1.54, 1.807) is 0 Å². The lowest BCUT2D eigenvalue weighted by atomic mass is 9.58. The van der Waals surface area contributed by atoms with Crippen molar-refractivity contribution in [2.45, 2.75) is 65.0 Å². The molecule has 1 heterocycles. The number of aliphatic imine (C=N–C) groups is 1. The van der Waals surface area contributed by atoms with Gasteiger partial charge >= 0.3 is 0 Å². The first kappa shape index (κ1) is 19.5. The normalized spacial score (nSPS) is 28.5. The van der Waals surface area contributed by atoms with Gasteiger partial charge in [-0.05, 0) is 65.1 Å². The van der Waals surface area contributed by atoms with Gasteiger partial charge in [0.15, 0.2) is 5.96 Å². The van der Waals surface area contributed by atoms with E-state index in [0.717, 1.165) is 44.3 Å². The Kier molecular flexibility index (Phi) is 7.35. The molecule has 24 heavy (non-hydrogen) atoms. The van der Waals surface area contributed by atoms with E-state index in [9.17, 15) is 0 Å². The van der Waals surface area contributed by atoms with Crippen molar-refractivity contribution in [2.24, 2.45) is 16.3 Å². The number of likely N-dealkylation sites (tertiary alicyclic amines) is 1. The molecule has 2 atom stereocenters. The largest absolute Gasteiger partial charge is 0.378 e. The Labute approximate surface area is 148 Å². The van der Waals surface area contributed by atoms with Crippen molar-refractivity contribution < 1.29 is 4.74 Å². The molecule has 1 saturated heterocycles. The number of nitrogens with one attached hydrogen (secondary N) is 2. The van der Waals surface area contributed by atoms with Crippen LogP contribution in [0.4, 0.5) is 0 Å². The van der Waals surface area contributed by atoms with Crippen LogP contribution in [-0.2, 0) is 4.74 Å². The topological polar surface area (TPSA) is 48.9 Å². The molecule has 2 aliphatic rings. The highest BCUT2D eigenvalue weighted by atomic mass is 16.5. The number of piperidine rings is 1. The molecule has 1 aliphatic carbocycles. The Morgan fingerprint density at radius 2 is 1.88 bits per heavy atom. The molecule has 0 aromatic heterocycles. The number of ether oxygens (including phenoxy) is 1. The molecule has 2 unspecified atom stereocenters. The Balaban J connectivity index is 1.84. The summed E-state index contributed by atoms with van der Waals surface area (Å²) in [6, 6.07) is 0.465. The Morgan fingerprint density at radius 3 is 2.42 bits per heavy atom. The molecule has 1 aliphatic heterocycles. The zero-order valence-corrected chi connectivity index (χ0v) is 16.4. The summed E-state index contributed by atoms with van der Waals surface area (Å²) in [5, 5.41) is 7.25. The summed E-state index contributed by atoms with van der Waals surface area (Å²) in [6.07, 6.45) is 6.34. The van der Waals surface area contributed by atoms with Crippen molar-refractivity contribution in [2.75, 3.05) is 40.3 Å². The van der Waals surface area contributed by atoms with Crippen LogP contribution in [0.2, 0.25) is 0 Å². The predicted octanol–water partition coefficient (Wildman–Crippen LogP) is 2.48. The van der Waals surface area contributed by atoms with Gasteiger partial charge in [-0.1, -0.05) is 13.8 Å². The van der Waals surface area contributed by atoms with Gasteiger partial charge in [0.1, 0.15) is 0 Å². The van der Waals surface area contributed by atoms with Crippen LogP contribution in [0, 0.1) is 11.3 Å². The molecule has 0 aromatic carbocycles. The van der Waals surface area contributed by atoms with E-state index >= 15 is 0 Å². The van der Waals surface area contributed by atoms with Gasteiger partial charge in [-0.3, -0.25) is 4.99 Å². The lowest BCUT2D eigenvalue weighted by molar-refractivity contribution is -0.133. The highest BCUT2D eigenvalue weighted by Gasteiger charge is 2.53. The summed E-state index contributed by atoms with van der Waals surface area (Å²) in [5.74, 6) is 1.72. The van der Waals surface area contributed by atoms with Crippen LogP contribution in [-0.4, -0.2) is 63.3 Å². The Bertz CT molecular complexity index is 400. The molecular formula is C19H38N4O. The smallest absolute Gasteiger partial charge is 0.191 e. The standard InChI is InChI=1S/C19H38N4O/c1-6-19(7-2)16(13-17(19)24-8-3)22-18(20-4)21-14-15-9-11-23(5)12-10-15/h15-17H,6-14H2,1-5H3,(H2,20,21,22). The summed E-state index contributed by atoms with van der Waals surface area (Å²) in [6.45, 7) is 10.9. The van der Waals surface area contributed by atoms with Gasteiger partial charge in [-0.2, -0.15) is 0 Å². The van der Waals surface area contributed by atoms with Gasteiger partial charge in [0, 0.05) is 31.7 Å². The second kappa shape index (κ2) is 9.04. The molecular weight excluding hydrogens is 300 g/mol. The van der Waals surface area contributed by atoms with Crippen LogP contribution in [0.5, 0.6) is 0 Å². The van der Waals surface area contributed by atoms with E-state index in [0.29, 0.717) is 12.1 Å². The van der Waals surface area contributed by atoms with E-state index in [1.807, 2.05) is 7.05 Å². The number of hydrogen-bond donors (Lipinski definition) is 2. The maximum Gasteiger partial charge on any atom is 0.191 e. The van der Waals surface area contributed by atoms with Gasteiger partial charge < -0.3 is 20.3 Å². The molecule has 0 amide bonds. The Morgan fingerprint density at radius 1 is 1.21 bits per heavy atom. The van der Waals surface area contributed by atoms with Crippen molar-refractivity contribution in [3.05, 3.63) is 0 Å². The van der Waals surface area contributed by atoms with Gasteiger partial charge in [0.2, 0.25) is 0 Å². The summed E-state index contributed by atoms with van der Waals surface area (Å²) in [4.78, 5) is 6.88. The second-order valence-electron chi connectivity index (χ2n) is 7.52. The third kappa shape index (κ3) is 4.23. The summed E-state index contributed by atoms with van der Waals surface area (Å²) in [7, 11) is 4.09. The first-order valence-corrected chi connectivity index (χ1v) is 9.86. The fourth-order valence-electron chi connectivity index (χ4n) is 4.45. The van der Waals surface area contributed by atoms with Crippen molar-refractivity contribution in [1.29, 1.82) is 0 Å². The van der Waals surface area contributed by atoms with E-state index in [2.05, 4.69) is 48.3 Å².